The number of ether oxygens (including phenoxy) is 4. The Bertz CT molecular complexity index is 1570. The van der Waals surface area contributed by atoms with Gasteiger partial charge in [-0.05, 0) is 54.1 Å². The number of fused-ring (bicyclic) bond motifs is 5. The highest BCUT2D eigenvalue weighted by Gasteiger charge is 2.33. The Hall–Kier alpha value is -3.73. The standard InChI is InChI=1S/C30H29N3O5.HI/c1-32(2)20-7-5-19(6-8-20)31-28(34)15-23-21-9-10-25(35-3)30(36-4)24(21)16-33-12-11-18-13-26-27(38-17-37-26)14-22(18)29(23)33;/h5-10,13-14,16H,11-12,15,17H2,1-4H3;1H. The molecule has 1 amide bonds. The van der Waals surface area contributed by atoms with E-state index in [1.165, 1.54) is 5.56 Å². The van der Waals surface area contributed by atoms with Gasteiger partial charge >= 0.3 is 0 Å². The highest BCUT2D eigenvalue weighted by atomic mass is 127. The van der Waals surface area contributed by atoms with E-state index < -0.39 is 0 Å². The van der Waals surface area contributed by atoms with Crippen LogP contribution in [-0.4, -0.2) is 41.0 Å². The number of hydrogen-bond acceptors (Lipinski definition) is 6. The molecule has 2 aliphatic rings. The summed E-state index contributed by atoms with van der Waals surface area (Å²) in [7, 11) is 7.25. The second-order valence-electron chi connectivity index (χ2n) is 9.69. The average molecular weight is 639 g/mol. The van der Waals surface area contributed by atoms with Crippen LogP contribution in [0, 0.1) is 0 Å². The quantitative estimate of drug-likeness (QED) is 0.254. The number of anilines is 2. The van der Waals surface area contributed by atoms with Gasteiger partial charge in [0.2, 0.25) is 18.4 Å². The minimum absolute atomic E-state index is 0. The van der Waals surface area contributed by atoms with Crippen molar-refractivity contribution in [2.45, 2.75) is 19.4 Å². The van der Waals surface area contributed by atoms with E-state index >= 15 is 0 Å². The summed E-state index contributed by atoms with van der Waals surface area (Å²) in [6, 6.07) is 15.8. The number of carbonyl (C=O) groups is 1. The molecule has 39 heavy (non-hydrogen) atoms. The zero-order chi connectivity index (χ0) is 26.4. The number of rotatable bonds is 6. The molecule has 0 saturated carbocycles. The van der Waals surface area contributed by atoms with E-state index in [2.05, 4.69) is 22.1 Å². The third kappa shape index (κ3) is 4.80. The van der Waals surface area contributed by atoms with Gasteiger partial charge in [-0.15, -0.1) is 0 Å². The molecule has 0 atom stereocenters. The second-order valence-corrected chi connectivity index (χ2v) is 9.69. The molecule has 3 heterocycles. The van der Waals surface area contributed by atoms with Gasteiger partial charge in [-0.25, -0.2) is 0 Å². The van der Waals surface area contributed by atoms with Gasteiger partial charge in [-0.3, -0.25) is 4.79 Å². The van der Waals surface area contributed by atoms with Crippen LogP contribution in [0.3, 0.4) is 0 Å². The van der Waals surface area contributed by atoms with Crippen LogP contribution in [0.25, 0.3) is 22.0 Å². The number of halogens is 1. The molecule has 1 aromatic heterocycles. The number of carbonyl (C=O) groups excluding carboxylic acids is 1. The van der Waals surface area contributed by atoms with Crippen LogP contribution < -0.4 is 57.7 Å². The molecular weight excluding hydrogens is 609 g/mol. The van der Waals surface area contributed by atoms with E-state index in [9.17, 15) is 4.79 Å². The maximum atomic E-state index is 13.5. The summed E-state index contributed by atoms with van der Waals surface area (Å²) >= 11 is 0. The van der Waals surface area contributed by atoms with Crippen molar-refractivity contribution in [3.63, 3.8) is 0 Å². The maximum Gasteiger partial charge on any atom is 0.231 e. The fourth-order valence-corrected chi connectivity index (χ4v) is 5.40. The summed E-state index contributed by atoms with van der Waals surface area (Å²) in [6.07, 6.45) is 3.12. The van der Waals surface area contributed by atoms with Crippen LogP contribution in [0.15, 0.2) is 54.7 Å². The molecule has 0 saturated heterocycles. The number of hydrogen-bond donors (Lipinski definition) is 1. The number of aryl methyl sites for hydroxylation is 2. The number of nitrogens with zero attached hydrogens (tertiary/aromatic N) is 2. The van der Waals surface area contributed by atoms with E-state index in [0.717, 1.165) is 63.4 Å². The van der Waals surface area contributed by atoms with Crippen molar-refractivity contribution in [3.8, 4) is 34.3 Å². The van der Waals surface area contributed by atoms with Gasteiger partial charge in [-0.1, -0.05) is 0 Å². The fraction of sp³-hybridized carbons (Fsp3) is 0.267. The first-order valence-electron chi connectivity index (χ1n) is 12.6. The van der Waals surface area contributed by atoms with E-state index in [4.69, 9.17) is 18.9 Å². The third-order valence-electron chi connectivity index (χ3n) is 7.25. The predicted molar refractivity (Wildman–Crippen MR) is 146 cm³/mol. The predicted octanol–water partition coefficient (Wildman–Crippen LogP) is 1.35. The first-order chi connectivity index (χ1) is 18.5. The Kier molecular flexibility index (Phi) is 7.44. The second kappa shape index (κ2) is 10.8. The summed E-state index contributed by atoms with van der Waals surface area (Å²) in [5.74, 6) is 2.70. The van der Waals surface area contributed by atoms with Crippen LogP contribution in [-0.2, 0) is 24.2 Å². The van der Waals surface area contributed by atoms with Crippen molar-refractivity contribution in [3.05, 3.63) is 65.9 Å². The van der Waals surface area contributed by atoms with E-state index in [0.29, 0.717) is 11.5 Å². The molecule has 2 aliphatic heterocycles. The van der Waals surface area contributed by atoms with E-state index in [1.807, 2.05) is 61.5 Å². The summed E-state index contributed by atoms with van der Waals surface area (Å²) in [6.45, 7) is 0.980. The van der Waals surface area contributed by atoms with Gasteiger partial charge in [0.05, 0.1) is 31.6 Å². The molecule has 0 bridgehead atoms. The molecule has 4 aromatic rings. The highest BCUT2D eigenvalue weighted by Crippen LogP contribution is 2.43. The van der Waals surface area contributed by atoms with Gasteiger partial charge in [-0.2, -0.15) is 4.57 Å². The van der Waals surface area contributed by atoms with E-state index in [-0.39, 0.29) is 43.1 Å². The lowest BCUT2D eigenvalue weighted by atomic mass is 9.89. The molecule has 8 nitrogen and oxygen atoms in total. The lowest BCUT2D eigenvalue weighted by Crippen LogP contribution is -3.00. The molecule has 0 spiro atoms. The SMILES string of the molecule is COc1ccc2c(CC(=O)Nc3ccc(N(C)C)cc3)c3[n+](cc2c1OC)CCc1cc2c(cc1-3)OCO2.[I-]. The maximum absolute atomic E-state index is 13.5. The fourth-order valence-electron chi connectivity index (χ4n) is 5.40. The van der Waals surface area contributed by atoms with Gasteiger partial charge in [0.15, 0.2) is 35.7 Å². The van der Waals surface area contributed by atoms with Crippen LogP contribution in [0.5, 0.6) is 23.0 Å². The van der Waals surface area contributed by atoms with Gasteiger partial charge in [0.25, 0.3) is 0 Å². The summed E-state index contributed by atoms with van der Waals surface area (Å²) < 4.78 is 24.9. The molecule has 0 fully saturated rings. The van der Waals surface area contributed by atoms with Crippen LogP contribution in [0.2, 0.25) is 0 Å². The van der Waals surface area contributed by atoms with Gasteiger partial charge in [0.1, 0.15) is 0 Å². The largest absolute Gasteiger partial charge is 1.00 e. The smallest absolute Gasteiger partial charge is 0.231 e. The zero-order valence-corrected chi connectivity index (χ0v) is 24.5. The Labute approximate surface area is 244 Å². The third-order valence-corrected chi connectivity index (χ3v) is 7.25. The van der Waals surface area contributed by atoms with E-state index in [1.54, 1.807) is 14.2 Å². The monoisotopic (exact) mass is 639 g/mol. The molecule has 202 valence electrons. The summed E-state index contributed by atoms with van der Waals surface area (Å²) in [5.41, 5.74) is 5.97. The summed E-state index contributed by atoms with van der Waals surface area (Å²) in [5, 5.41) is 4.92. The molecule has 0 unspecified atom stereocenters. The Morgan fingerprint density at radius 2 is 1.74 bits per heavy atom. The molecular formula is C30H30IN3O5. The number of amides is 1. The molecule has 6 rings (SSSR count). The molecule has 3 aromatic carbocycles. The highest BCUT2D eigenvalue weighted by molar-refractivity contribution is 6.00. The van der Waals surface area contributed by atoms with Crippen LogP contribution >= 0.6 is 0 Å². The summed E-state index contributed by atoms with van der Waals surface area (Å²) in [4.78, 5) is 15.5. The van der Waals surface area contributed by atoms with Crippen molar-refractivity contribution in [2.24, 2.45) is 0 Å². The topological polar surface area (TPSA) is 73.1 Å². The molecule has 9 heteroatoms. The van der Waals surface area contributed by atoms with Crippen molar-refractivity contribution >= 4 is 28.1 Å². The van der Waals surface area contributed by atoms with Crippen LogP contribution in [0.4, 0.5) is 11.4 Å². The minimum Gasteiger partial charge on any atom is -1.00 e. The first-order valence-corrected chi connectivity index (χ1v) is 12.6. The lowest BCUT2D eigenvalue weighted by molar-refractivity contribution is -0.686. The average Bonchev–Trinajstić information content (AvgIpc) is 3.38. The van der Waals surface area contributed by atoms with Crippen molar-refractivity contribution < 1.29 is 52.3 Å². The Morgan fingerprint density at radius 1 is 1.00 bits per heavy atom. The van der Waals surface area contributed by atoms with Crippen molar-refractivity contribution in [1.29, 1.82) is 0 Å². The zero-order valence-electron chi connectivity index (χ0n) is 22.3. The number of nitrogens with one attached hydrogen (secondary N) is 1. The van der Waals surface area contributed by atoms with Gasteiger partial charge in [0, 0.05) is 42.8 Å². The number of aromatic nitrogens is 1. The molecule has 0 aliphatic carbocycles. The van der Waals surface area contributed by atoms with Gasteiger partial charge < -0.3 is 53.1 Å². The Morgan fingerprint density at radius 3 is 2.44 bits per heavy atom. The Balaban J connectivity index is 0.00000308. The number of benzene rings is 3. The van der Waals surface area contributed by atoms with Crippen molar-refractivity contribution in [2.75, 3.05) is 45.3 Å². The number of pyridine rings is 1. The normalized spacial score (nSPS) is 12.7. The number of methoxy groups -OCH3 is 2. The first kappa shape index (κ1) is 26.9. The molecule has 0 radical (unpaired) electrons. The molecule has 1 N–H and O–H groups in total. The lowest BCUT2D eigenvalue weighted by Gasteiger charge is -2.21. The minimum atomic E-state index is -0.0967. The van der Waals surface area contributed by atoms with Crippen molar-refractivity contribution in [1.82, 2.24) is 0 Å². The van der Waals surface area contributed by atoms with Crippen LogP contribution in [0.1, 0.15) is 11.1 Å².